The molecule has 0 aliphatic carbocycles. The predicted molar refractivity (Wildman–Crippen MR) is 104 cm³/mol. The molecule has 29 heavy (non-hydrogen) atoms. The van der Waals surface area contributed by atoms with E-state index >= 15 is 0 Å². The summed E-state index contributed by atoms with van der Waals surface area (Å²) in [5, 5.41) is 4.60. The summed E-state index contributed by atoms with van der Waals surface area (Å²) in [5.74, 6) is -0.624. The van der Waals surface area contributed by atoms with Gasteiger partial charge in [0.25, 0.3) is 5.91 Å². The fraction of sp³-hybridized carbons (Fsp3) is 0.550. The summed E-state index contributed by atoms with van der Waals surface area (Å²) < 4.78 is 0. The molecular formula is C20H27N5O4. The average molecular weight is 401 g/mol. The lowest BCUT2D eigenvalue weighted by Gasteiger charge is -2.29. The summed E-state index contributed by atoms with van der Waals surface area (Å²) in [6, 6.07) is 8.69. The lowest BCUT2D eigenvalue weighted by Crippen LogP contribution is -2.55. The van der Waals surface area contributed by atoms with E-state index in [9.17, 15) is 14.4 Å². The Balaban J connectivity index is 1.29. The smallest absolute Gasteiger partial charge is 0.317 e. The van der Waals surface area contributed by atoms with Crippen LogP contribution in [-0.2, 0) is 21.0 Å². The topological polar surface area (TPSA) is 103 Å². The molecule has 3 heterocycles. The van der Waals surface area contributed by atoms with Crippen molar-refractivity contribution in [2.45, 2.75) is 44.4 Å². The molecule has 0 spiro atoms. The second-order valence-corrected chi connectivity index (χ2v) is 7.77. The Morgan fingerprint density at radius 1 is 1.03 bits per heavy atom. The molecule has 9 heteroatoms. The summed E-state index contributed by atoms with van der Waals surface area (Å²) in [5.41, 5.74) is 6.02. The molecule has 4 amide bonds. The van der Waals surface area contributed by atoms with Crippen molar-refractivity contribution in [2.75, 3.05) is 19.6 Å². The molecule has 4 rings (SSSR count). The highest BCUT2D eigenvalue weighted by atomic mass is 16.7. The van der Waals surface area contributed by atoms with Crippen LogP contribution < -0.4 is 16.2 Å². The Bertz CT molecular complexity index is 752. The van der Waals surface area contributed by atoms with Crippen molar-refractivity contribution in [2.24, 2.45) is 5.92 Å². The van der Waals surface area contributed by atoms with Gasteiger partial charge in [-0.3, -0.25) is 25.3 Å². The highest BCUT2D eigenvalue weighted by Crippen LogP contribution is 2.30. The minimum Gasteiger partial charge on any atom is -0.317 e. The van der Waals surface area contributed by atoms with E-state index in [4.69, 9.17) is 4.84 Å². The molecular weight excluding hydrogens is 374 g/mol. The van der Waals surface area contributed by atoms with Gasteiger partial charge in [0.15, 0.2) is 0 Å². The summed E-state index contributed by atoms with van der Waals surface area (Å²) >= 11 is 0. The Hall–Kier alpha value is -2.65. The van der Waals surface area contributed by atoms with Crippen molar-refractivity contribution in [1.29, 1.82) is 0 Å². The van der Waals surface area contributed by atoms with Crippen molar-refractivity contribution in [3.63, 3.8) is 0 Å². The van der Waals surface area contributed by atoms with Crippen molar-refractivity contribution in [1.82, 2.24) is 26.1 Å². The second-order valence-electron chi connectivity index (χ2n) is 7.77. The lowest BCUT2D eigenvalue weighted by molar-refractivity contribution is -0.140. The van der Waals surface area contributed by atoms with Gasteiger partial charge in [0.1, 0.15) is 12.6 Å². The van der Waals surface area contributed by atoms with Crippen LogP contribution in [0.2, 0.25) is 0 Å². The number of hydrazine groups is 1. The minimum atomic E-state index is -0.600. The zero-order valence-electron chi connectivity index (χ0n) is 16.3. The van der Waals surface area contributed by atoms with E-state index < -0.39 is 6.04 Å². The lowest BCUT2D eigenvalue weighted by atomic mass is 9.97. The fourth-order valence-corrected chi connectivity index (χ4v) is 4.18. The van der Waals surface area contributed by atoms with Gasteiger partial charge in [-0.25, -0.2) is 4.79 Å². The monoisotopic (exact) mass is 401 g/mol. The van der Waals surface area contributed by atoms with Crippen LogP contribution in [0.3, 0.4) is 0 Å². The highest BCUT2D eigenvalue weighted by Gasteiger charge is 2.48. The van der Waals surface area contributed by atoms with Crippen molar-refractivity contribution in [3.8, 4) is 0 Å². The van der Waals surface area contributed by atoms with Gasteiger partial charge in [0.2, 0.25) is 5.91 Å². The molecule has 3 N–H and O–H groups in total. The van der Waals surface area contributed by atoms with Crippen LogP contribution in [0.1, 0.15) is 31.2 Å². The van der Waals surface area contributed by atoms with E-state index in [-0.39, 0.29) is 29.8 Å². The maximum absolute atomic E-state index is 12.8. The number of carbonyl (C=O) groups is 3. The number of urea groups is 1. The molecule has 1 aromatic carbocycles. The number of carbonyl (C=O) groups excluding carboxylic acids is 3. The van der Waals surface area contributed by atoms with Crippen LogP contribution in [-0.4, -0.2) is 59.5 Å². The molecule has 2 bridgehead atoms. The van der Waals surface area contributed by atoms with Gasteiger partial charge in [0, 0.05) is 12.5 Å². The largest absolute Gasteiger partial charge is 0.345 e. The second kappa shape index (κ2) is 8.79. The molecule has 0 saturated carbocycles. The SMILES string of the molecule is O=C(NNC(=O)C1CCC2CN1C(=O)N2OCc1ccccc1)C1CCNCC1. The number of hydrogen-bond donors (Lipinski definition) is 3. The number of nitrogens with one attached hydrogen (secondary N) is 3. The number of piperidine rings is 2. The van der Waals surface area contributed by atoms with E-state index in [2.05, 4.69) is 16.2 Å². The van der Waals surface area contributed by atoms with Crippen LogP contribution >= 0.6 is 0 Å². The van der Waals surface area contributed by atoms with Gasteiger partial charge in [0.05, 0.1) is 6.04 Å². The van der Waals surface area contributed by atoms with E-state index in [0.717, 1.165) is 31.5 Å². The minimum absolute atomic E-state index is 0.0559. The third-order valence-corrected chi connectivity index (χ3v) is 5.86. The van der Waals surface area contributed by atoms with E-state index in [1.807, 2.05) is 30.3 Å². The molecule has 2 unspecified atom stereocenters. The van der Waals surface area contributed by atoms with Crippen LogP contribution in [0.25, 0.3) is 0 Å². The van der Waals surface area contributed by atoms with Gasteiger partial charge in [-0.2, -0.15) is 5.06 Å². The summed E-state index contributed by atoms with van der Waals surface area (Å²) in [6.45, 7) is 2.36. The zero-order chi connectivity index (χ0) is 20.2. The standard InChI is InChI=1S/C20H27N5O4/c26-18(15-8-10-21-11-9-15)22-23-19(27)17-7-6-16-12-24(17)20(28)25(16)29-13-14-4-2-1-3-5-14/h1-5,15-17,21H,6-13H2,(H,22,26)(H,23,27). The molecule has 1 aromatic rings. The third kappa shape index (κ3) is 4.35. The van der Waals surface area contributed by atoms with Crippen LogP contribution in [0.4, 0.5) is 4.79 Å². The quantitative estimate of drug-likeness (QED) is 0.625. The molecule has 9 nitrogen and oxygen atoms in total. The van der Waals surface area contributed by atoms with Crippen molar-refractivity contribution in [3.05, 3.63) is 35.9 Å². The molecule has 3 aliphatic heterocycles. The van der Waals surface area contributed by atoms with E-state index in [1.165, 1.54) is 9.96 Å². The van der Waals surface area contributed by atoms with Gasteiger partial charge in [-0.15, -0.1) is 0 Å². The van der Waals surface area contributed by atoms with Crippen molar-refractivity contribution >= 4 is 17.8 Å². The average Bonchev–Trinajstić information content (AvgIpc) is 3.01. The molecule has 3 saturated heterocycles. The van der Waals surface area contributed by atoms with E-state index in [1.54, 1.807) is 0 Å². The van der Waals surface area contributed by atoms with Crippen LogP contribution in [0.15, 0.2) is 30.3 Å². The van der Waals surface area contributed by atoms with E-state index in [0.29, 0.717) is 26.0 Å². The maximum Gasteiger partial charge on any atom is 0.345 e. The fourth-order valence-electron chi connectivity index (χ4n) is 4.18. The first-order chi connectivity index (χ1) is 14.1. The summed E-state index contributed by atoms with van der Waals surface area (Å²) in [6.07, 6.45) is 2.73. The first kappa shape index (κ1) is 19.7. The maximum atomic E-state index is 12.8. The normalized spacial score (nSPS) is 24.5. The molecule has 3 aliphatic rings. The highest BCUT2D eigenvalue weighted by molar-refractivity contribution is 5.90. The molecule has 156 valence electrons. The number of rotatable bonds is 5. The Morgan fingerprint density at radius 2 is 1.76 bits per heavy atom. The van der Waals surface area contributed by atoms with Crippen LogP contribution in [0.5, 0.6) is 0 Å². The number of amides is 4. The molecule has 3 fully saturated rings. The Morgan fingerprint density at radius 3 is 2.52 bits per heavy atom. The predicted octanol–water partition coefficient (Wildman–Crippen LogP) is 0.534. The summed E-state index contributed by atoms with van der Waals surface area (Å²) in [4.78, 5) is 44.9. The first-order valence-electron chi connectivity index (χ1n) is 10.2. The third-order valence-electron chi connectivity index (χ3n) is 5.86. The number of nitrogens with zero attached hydrogens (tertiary/aromatic N) is 2. The number of benzene rings is 1. The zero-order valence-corrected chi connectivity index (χ0v) is 16.3. The Labute approximate surface area is 169 Å². The van der Waals surface area contributed by atoms with Crippen molar-refractivity contribution < 1.29 is 19.2 Å². The van der Waals surface area contributed by atoms with Crippen LogP contribution in [0, 0.1) is 5.92 Å². The Kier molecular flexibility index (Phi) is 5.96. The summed E-state index contributed by atoms with van der Waals surface area (Å²) in [7, 11) is 0. The number of fused-ring (bicyclic) bond motifs is 2. The molecule has 0 radical (unpaired) electrons. The molecule has 0 aromatic heterocycles. The first-order valence-corrected chi connectivity index (χ1v) is 10.2. The number of hydroxylamine groups is 2. The van der Waals surface area contributed by atoms with Gasteiger partial charge >= 0.3 is 6.03 Å². The van der Waals surface area contributed by atoms with Gasteiger partial charge in [-0.05, 0) is 44.3 Å². The van der Waals surface area contributed by atoms with Gasteiger partial charge in [-0.1, -0.05) is 30.3 Å². The van der Waals surface area contributed by atoms with Gasteiger partial charge < -0.3 is 10.2 Å². The molecule has 2 atom stereocenters. The number of hydrogen-bond acceptors (Lipinski definition) is 5.